The third-order valence-electron chi connectivity index (χ3n) is 5.88. The van der Waals surface area contributed by atoms with Gasteiger partial charge < -0.3 is 15.1 Å². The first-order valence-electron chi connectivity index (χ1n) is 8.59. The molecule has 2 atom stereocenters. The highest BCUT2D eigenvalue weighted by Crippen LogP contribution is 2.41. The monoisotopic (exact) mass is 307 g/mol. The van der Waals surface area contributed by atoms with E-state index in [2.05, 4.69) is 26.1 Å². The van der Waals surface area contributed by atoms with Crippen LogP contribution in [0.4, 0.5) is 4.79 Å². The Morgan fingerprint density at radius 2 is 1.95 bits per heavy atom. The Morgan fingerprint density at radius 1 is 1.27 bits per heavy atom. The molecule has 1 aliphatic carbocycles. The van der Waals surface area contributed by atoms with Crippen LogP contribution in [0.5, 0.6) is 0 Å². The van der Waals surface area contributed by atoms with Crippen molar-refractivity contribution in [1.29, 1.82) is 0 Å². The first-order chi connectivity index (χ1) is 10.3. The van der Waals surface area contributed by atoms with E-state index in [1.807, 2.05) is 11.9 Å². The summed E-state index contributed by atoms with van der Waals surface area (Å²) in [4.78, 5) is 28.4. The molecule has 1 saturated carbocycles. The number of hydrogen-bond donors (Lipinski definition) is 1. The van der Waals surface area contributed by atoms with E-state index in [1.54, 1.807) is 4.90 Å². The molecule has 0 unspecified atom stereocenters. The highest BCUT2D eigenvalue weighted by atomic mass is 16.2. The SMILES string of the molecule is CN1C[C@@H]2[C@@H](CCCN2C(=O)NC2CC(C(C)(C)C)C2)C1=O. The maximum atomic E-state index is 12.6. The van der Waals surface area contributed by atoms with Gasteiger partial charge in [-0.2, -0.15) is 0 Å². The van der Waals surface area contributed by atoms with Gasteiger partial charge in [0.15, 0.2) is 0 Å². The van der Waals surface area contributed by atoms with Gasteiger partial charge in [0.25, 0.3) is 0 Å². The molecule has 0 aromatic rings. The molecule has 2 heterocycles. The third-order valence-corrected chi connectivity index (χ3v) is 5.88. The van der Waals surface area contributed by atoms with Gasteiger partial charge in [-0.25, -0.2) is 4.79 Å². The van der Waals surface area contributed by atoms with Gasteiger partial charge in [-0.05, 0) is 37.0 Å². The van der Waals surface area contributed by atoms with Crippen LogP contribution >= 0.6 is 0 Å². The number of amides is 3. The molecule has 0 radical (unpaired) electrons. The molecule has 2 saturated heterocycles. The van der Waals surface area contributed by atoms with Crippen LogP contribution in [-0.4, -0.2) is 54.0 Å². The van der Waals surface area contributed by atoms with Gasteiger partial charge in [0, 0.05) is 26.2 Å². The van der Waals surface area contributed by atoms with Gasteiger partial charge in [0.2, 0.25) is 5.91 Å². The lowest BCUT2D eigenvalue weighted by molar-refractivity contribution is -0.130. The highest BCUT2D eigenvalue weighted by Gasteiger charge is 2.46. The van der Waals surface area contributed by atoms with Crippen molar-refractivity contribution >= 4 is 11.9 Å². The fourth-order valence-corrected chi connectivity index (χ4v) is 4.18. The van der Waals surface area contributed by atoms with Crippen LogP contribution in [-0.2, 0) is 4.79 Å². The van der Waals surface area contributed by atoms with Crippen LogP contribution in [0.25, 0.3) is 0 Å². The summed E-state index contributed by atoms with van der Waals surface area (Å²) in [5.41, 5.74) is 0.331. The molecule has 1 N–H and O–H groups in total. The number of likely N-dealkylation sites (N-methyl/N-ethyl adjacent to an activating group) is 1. The fourth-order valence-electron chi connectivity index (χ4n) is 4.18. The maximum absolute atomic E-state index is 12.6. The number of carbonyl (C=O) groups excluding carboxylic acids is 2. The number of nitrogens with zero attached hydrogens (tertiary/aromatic N) is 2. The summed E-state index contributed by atoms with van der Waals surface area (Å²) in [5.74, 6) is 0.929. The van der Waals surface area contributed by atoms with Crippen LogP contribution in [0.1, 0.15) is 46.5 Å². The summed E-state index contributed by atoms with van der Waals surface area (Å²) in [6.45, 7) is 8.27. The number of nitrogens with one attached hydrogen (secondary N) is 1. The molecule has 5 heteroatoms. The molecule has 3 amide bonds. The minimum Gasteiger partial charge on any atom is -0.343 e. The normalized spacial score (nSPS) is 35.2. The van der Waals surface area contributed by atoms with E-state index >= 15 is 0 Å². The third kappa shape index (κ3) is 2.70. The van der Waals surface area contributed by atoms with E-state index in [0.29, 0.717) is 23.9 Å². The molecule has 2 aliphatic heterocycles. The predicted octanol–water partition coefficient (Wildman–Crippen LogP) is 2.07. The number of rotatable bonds is 1. The molecule has 124 valence electrons. The summed E-state index contributed by atoms with van der Waals surface area (Å²) < 4.78 is 0. The lowest BCUT2D eigenvalue weighted by Crippen LogP contribution is -2.57. The Bertz CT molecular complexity index is 465. The lowest BCUT2D eigenvalue weighted by atomic mass is 9.66. The Hall–Kier alpha value is -1.26. The van der Waals surface area contributed by atoms with Gasteiger partial charge in [0.05, 0.1) is 12.0 Å². The van der Waals surface area contributed by atoms with Crippen molar-refractivity contribution in [3.05, 3.63) is 0 Å². The summed E-state index contributed by atoms with van der Waals surface area (Å²) in [7, 11) is 1.84. The minimum absolute atomic E-state index is 0.0215. The molecule has 3 fully saturated rings. The number of carbonyl (C=O) groups is 2. The van der Waals surface area contributed by atoms with Crippen molar-refractivity contribution < 1.29 is 9.59 Å². The van der Waals surface area contributed by atoms with E-state index in [9.17, 15) is 9.59 Å². The Labute approximate surface area is 133 Å². The van der Waals surface area contributed by atoms with E-state index in [-0.39, 0.29) is 23.9 Å². The topological polar surface area (TPSA) is 52.6 Å². The van der Waals surface area contributed by atoms with E-state index in [1.165, 1.54) is 0 Å². The zero-order chi connectivity index (χ0) is 16.1. The van der Waals surface area contributed by atoms with Gasteiger partial charge in [0.1, 0.15) is 0 Å². The summed E-state index contributed by atoms with van der Waals surface area (Å²) in [6, 6.07) is 0.423. The summed E-state index contributed by atoms with van der Waals surface area (Å²) in [5, 5.41) is 3.19. The number of piperidine rings is 1. The number of likely N-dealkylation sites (tertiary alicyclic amines) is 2. The number of urea groups is 1. The maximum Gasteiger partial charge on any atom is 0.317 e. The van der Waals surface area contributed by atoms with E-state index in [0.717, 1.165) is 32.2 Å². The van der Waals surface area contributed by atoms with Crippen molar-refractivity contribution in [1.82, 2.24) is 15.1 Å². The second kappa shape index (κ2) is 5.43. The van der Waals surface area contributed by atoms with Crippen LogP contribution in [0.15, 0.2) is 0 Å². The zero-order valence-electron chi connectivity index (χ0n) is 14.3. The molecule has 0 spiro atoms. The van der Waals surface area contributed by atoms with Gasteiger partial charge >= 0.3 is 6.03 Å². The minimum atomic E-state index is 0.0215. The molecule has 3 rings (SSSR count). The summed E-state index contributed by atoms with van der Waals surface area (Å²) in [6.07, 6.45) is 4.02. The van der Waals surface area contributed by atoms with Crippen LogP contribution < -0.4 is 5.32 Å². The van der Waals surface area contributed by atoms with Crippen molar-refractivity contribution in [3.8, 4) is 0 Å². The summed E-state index contributed by atoms with van der Waals surface area (Å²) >= 11 is 0. The van der Waals surface area contributed by atoms with Crippen LogP contribution in [0.2, 0.25) is 0 Å². The van der Waals surface area contributed by atoms with Crippen molar-refractivity contribution in [3.63, 3.8) is 0 Å². The van der Waals surface area contributed by atoms with Crippen molar-refractivity contribution in [2.24, 2.45) is 17.3 Å². The molecule has 0 aromatic carbocycles. The number of fused-ring (bicyclic) bond motifs is 1. The molecule has 0 bridgehead atoms. The standard InChI is InChI=1S/C17H29N3O2/c1-17(2,3)11-8-12(9-11)18-16(22)20-7-5-6-13-14(20)10-19(4)15(13)21/h11-14H,5-10H2,1-4H3,(H,18,22)/t11?,12?,13-,14-/m1/s1. The van der Waals surface area contributed by atoms with E-state index < -0.39 is 0 Å². The highest BCUT2D eigenvalue weighted by molar-refractivity contribution is 5.84. The molecular formula is C17H29N3O2. The lowest BCUT2D eigenvalue weighted by Gasteiger charge is -2.45. The first kappa shape index (κ1) is 15.6. The second-order valence-electron chi connectivity index (χ2n) is 8.41. The average Bonchev–Trinajstić information content (AvgIpc) is 2.67. The fraction of sp³-hybridized carbons (Fsp3) is 0.882. The largest absolute Gasteiger partial charge is 0.343 e. The van der Waals surface area contributed by atoms with Crippen LogP contribution in [0.3, 0.4) is 0 Å². The average molecular weight is 307 g/mol. The predicted molar refractivity (Wildman–Crippen MR) is 85.4 cm³/mol. The molecule has 0 aromatic heterocycles. The van der Waals surface area contributed by atoms with Gasteiger partial charge in [-0.15, -0.1) is 0 Å². The van der Waals surface area contributed by atoms with Crippen molar-refractivity contribution in [2.45, 2.75) is 58.5 Å². The van der Waals surface area contributed by atoms with E-state index in [4.69, 9.17) is 0 Å². The Kier molecular flexibility index (Phi) is 3.86. The quantitative estimate of drug-likeness (QED) is 0.806. The van der Waals surface area contributed by atoms with Crippen molar-refractivity contribution in [2.75, 3.05) is 20.1 Å². The number of hydrogen-bond acceptors (Lipinski definition) is 2. The Balaban J connectivity index is 1.56. The second-order valence-corrected chi connectivity index (χ2v) is 8.41. The molecule has 5 nitrogen and oxygen atoms in total. The molecular weight excluding hydrogens is 278 g/mol. The van der Waals surface area contributed by atoms with Crippen LogP contribution in [0, 0.1) is 17.3 Å². The molecule has 22 heavy (non-hydrogen) atoms. The Morgan fingerprint density at radius 3 is 2.59 bits per heavy atom. The van der Waals surface area contributed by atoms with Gasteiger partial charge in [-0.3, -0.25) is 4.79 Å². The zero-order valence-corrected chi connectivity index (χ0v) is 14.3. The smallest absolute Gasteiger partial charge is 0.317 e. The molecule has 3 aliphatic rings. The van der Waals surface area contributed by atoms with Gasteiger partial charge in [-0.1, -0.05) is 20.8 Å². The first-order valence-corrected chi connectivity index (χ1v) is 8.59.